The fourth-order valence-electron chi connectivity index (χ4n) is 1.87. The Morgan fingerprint density at radius 2 is 2.00 bits per heavy atom. The Bertz CT molecular complexity index is 559. The van der Waals surface area contributed by atoms with Gasteiger partial charge >= 0.3 is 5.97 Å². The Balaban J connectivity index is 3.08. The number of rotatable bonds is 7. The zero-order valence-corrected chi connectivity index (χ0v) is 14.6. The highest BCUT2D eigenvalue weighted by molar-refractivity contribution is 9.10. The van der Waals surface area contributed by atoms with Crippen LogP contribution in [0.4, 0.5) is 0 Å². The van der Waals surface area contributed by atoms with Gasteiger partial charge in [0.2, 0.25) is 0 Å². The summed E-state index contributed by atoms with van der Waals surface area (Å²) in [4.78, 5) is 23.4. The second-order valence-corrected chi connectivity index (χ2v) is 5.81. The topological polar surface area (TPSA) is 84.9 Å². The van der Waals surface area contributed by atoms with Gasteiger partial charge in [-0.1, -0.05) is 13.8 Å². The molecule has 0 heterocycles. The summed E-state index contributed by atoms with van der Waals surface area (Å²) >= 11 is 3.33. The van der Waals surface area contributed by atoms with Crippen molar-refractivity contribution in [2.45, 2.75) is 26.8 Å². The van der Waals surface area contributed by atoms with E-state index in [4.69, 9.17) is 14.6 Å². The Hall–Kier alpha value is -1.76. The molecule has 0 aliphatic heterocycles. The summed E-state index contributed by atoms with van der Waals surface area (Å²) in [7, 11) is 1.47. The van der Waals surface area contributed by atoms with Crippen molar-refractivity contribution in [1.29, 1.82) is 0 Å². The third kappa shape index (κ3) is 4.37. The molecule has 122 valence electrons. The van der Waals surface area contributed by atoms with Crippen LogP contribution in [0.2, 0.25) is 0 Å². The van der Waals surface area contributed by atoms with Crippen molar-refractivity contribution >= 4 is 27.8 Å². The largest absolute Gasteiger partial charge is 0.493 e. The average molecular weight is 374 g/mol. The van der Waals surface area contributed by atoms with Crippen molar-refractivity contribution in [2.75, 3.05) is 13.7 Å². The summed E-state index contributed by atoms with van der Waals surface area (Å²) < 4.78 is 11.2. The van der Waals surface area contributed by atoms with E-state index in [0.717, 1.165) is 0 Å². The number of carboxylic acid groups (broad SMARTS) is 1. The molecule has 22 heavy (non-hydrogen) atoms. The number of amides is 1. The van der Waals surface area contributed by atoms with E-state index in [2.05, 4.69) is 21.2 Å². The number of carbonyl (C=O) groups excluding carboxylic acids is 1. The van der Waals surface area contributed by atoms with Gasteiger partial charge in [0.15, 0.2) is 11.5 Å². The van der Waals surface area contributed by atoms with E-state index in [1.165, 1.54) is 13.2 Å². The molecule has 0 aromatic heterocycles. The maximum absolute atomic E-state index is 12.3. The highest BCUT2D eigenvalue weighted by Crippen LogP contribution is 2.36. The lowest BCUT2D eigenvalue weighted by Gasteiger charge is -2.19. The lowest BCUT2D eigenvalue weighted by Crippen LogP contribution is -2.44. The first-order chi connectivity index (χ1) is 10.3. The lowest BCUT2D eigenvalue weighted by molar-refractivity contribution is -0.140. The highest BCUT2D eigenvalue weighted by atomic mass is 79.9. The minimum atomic E-state index is -1.07. The van der Waals surface area contributed by atoms with Crippen LogP contribution in [0.25, 0.3) is 0 Å². The predicted molar refractivity (Wildman–Crippen MR) is 85.6 cm³/mol. The first kappa shape index (κ1) is 18.3. The minimum absolute atomic E-state index is 0.227. The Morgan fingerprint density at radius 1 is 1.36 bits per heavy atom. The van der Waals surface area contributed by atoms with Gasteiger partial charge in [-0.3, -0.25) is 4.79 Å². The maximum Gasteiger partial charge on any atom is 0.326 e. The van der Waals surface area contributed by atoms with Crippen LogP contribution in [-0.2, 0) is 4.79 Å². The summed E-state index contributed by atoms with van der Waals surface area (Å²) in [6, 6.07) is 2.13. The molecule has 0 fully saturated rings. The normalized spacial score (nSPS) is 11.9. The third-order valence-electron chi connectivity index (χ3n) is 3.00. The molecule has 0 aliphatic rings. The molecular formula is C15H20BrNO5. The number of hydrogen-bond donors (Lipinski definition) is 2. The first-order valence-corrected chi connectivity index (χ1v) is 7.65. The van der Waals surface area contributed by atoms with Crippen molar-refractivity contribution in [3.63, 3.8) is 0 Å². The molecule has 0 radical (unpaired) electrons. The molecule has 1 amide bonds. The van der Waals surface area contributed by atoms with Crippen molar-refractivity contribution in [3.8, 4) is 11.5 Å². The molecule has 7 heteroatoms. The summed E-state index contributed by atoms with van der Waals surface area (Å²) in [6.07, 6.45) is 0. The SMILES string of the molecule is CCOc1c(Br)cc(C(=O)N[C@H](C(=O)O)C(C)C)cc1OC. The second-order valence-electron chi connectivity index (χ2n) is 4.96. The predicted octanol–water partition coefficient (Wildman–Crippen LogP) is 2.70. The van der Waals surface area contributed by atoms with E-state index in [0.29, 0.717) is 28.1 Å². The van der Waals surface area contributed by atoms with Gasteiger partial charge in [0.05, 0.1) is 18.2 Å². The van der Waals surface area contributed by atoms with E-state index in [9.17, 15) is 9.59 Å². The molecule has 2 N–H and O–H groups in total. The summed E-state index contributed by atoms with van der Waals surface area (Å²) in [5.74, 6) is -0.879. The first-order valence-electron chi connectivity index (χ1n) is 6.85. The summed E-state index contributed by atoms with van der Waals surface area (Å²) in [5.41, 5.74) is 0.291. The lowest BCUT2D eigenvalue weighted by atomic mass is 10.0. The molecule has 1 aromatic rings. The van der Waals surface area contributed by atoms with Crippen molar-refractivity contribution in [2.24, 2.45) is 5.92 Å². The van der Waals surface area contributed by atoms with Crippen LogP contribution in [0.15, 0.2) is 16.6 Å². The Morgan fingerprint density at radius 3 is 2.45 bits per heavy atom. The number of benzene rings is 1. The van der Waals surface area contributed by atoms with Crippen LogP contribution in [0.5, 0.6) is 11.5 Å². The van der Waals surface area contributed by atoms with Gasteiger partial charge in [-0.05, 0) is 40.9 Å². The van der Waals surface area contributed by atoms with Crippen molar-refractivity contribution in [1.82, 2.24) is 5.32 Å². The molecule has 0 saturated carbocycles. The minimum Gasteiger partial charge on any atom is -0.493 e. The zero-order chi connectivity index (χ0) is 16.9. The number of hydrogen-bond acceptors (Lipinski definition) is 4. The Kier molecular flexibility index (Phi) is 6.67. The van der Waals surface area contributed by atoms with Gasteiger partial charge in [-0.15, -0.1) is 0 Å². The second kappa shape index (κ2) is 8.03. The molecule has 1 aromatic carbocycles. The Labute approximate surface area is 137 Å². The number of halogens is 1. The fourth-order valence-corrected chi connectivity index (χ4v) is 2.43. The quantitative estimate of drug-likeness (QED) is 0.767. The van der Waals surface area contributed by atoms with Gasteiger partial charge in [0.25, 0.3) is 5.91 Å². The summed E-state index contributed by atoms with van der Waals surface area (Å²) in [6.45, 7) is 5.75. The molecule has 0 spiro atoms. The number of aliphatic carboxylic acids is 1. The van der Waals surface area contributed by atoms with Crippen LogP contribution in [0.3, 0.4) is 0 Å². The van der Waals surface area contributed by atoms with Gasteiger partial charge in [0.1, 0.15) is 6.04 Å². The van der Waals surface area contributed by atoms with E-state index >= 15 is 0 Å². The van der Waals surface area contributed by atoms with Gasteiger partial charge in [-0.2, -0.15) is 0 Å². The highest BCUT2D eigenvalue weighted by Gasteiger charge is 2.25. The zero-order valence-electron chi connectivity index (χ0n) is 13.0. The molecule has 0 saturated heterocycles. The van der Waals surface area contributed by atoms with Crippen LogP contribution in [-0.4, -0.2) is 36.7 Å². The third-order valence-corrected chi connectivity index (χ3v) is 3.59. The number of methoxy groups -OCH3 is 1. The van der Waals surface area contributed by atoms with Crippen LogP contribution in [0.1, 0.15) is 31.1 Å². The number of ether oxygens (including phenoxy) is 2. The van der Waals surface area contributed by atoms with E-state index in [1.54, 1.807) is 19.9 Å². The average Bonchev–Trinajstić information content (AvgIpc) is 2.45. The molecule has 6 nitrogen and oxygen atoms in total. The standard InChI is InChI=1S/C15H20BrNO5/c1-5-22-13-10(16)6-9(7-11(13)21-4)14(18)17-12(8(2)3)15(19)20/h6-8,12H,5H2,1-4H3,(H,17,18)(H,19,20)/t12-/m0/s1. The fraction of sp³-hybridized carbons (Fsp3) is 0.467. The molecule has 0 aliphatic carbocycles. The van der Waals surface area contributed by atoms with Gasteiger partial charge in [0, 0.05) is 5.56 Å². The van der Waals surface area contributed by atoms with E-state index in [1.807, 2.05) is 6.92 Å². The van der Waals surface area contributed by atoms with Crippen molar-refractivity contribution in [3.05, 3.63) is 22.2 Å². The van der Waals surface area contributed by atoms with E-state index < -0.39 is 17.9 Å². The molecule has 1 rings (SSSR count). The molecule has 0 unspecified atom stereocenters. The van der Waals surface area contributed by atoms with Gasteiger partial charge in [-0.25, -0.2) is 4.79 Å². The number of nitrogens with one attached hydrogen (secondary N) is 1. The molecule has 0 bridgehead atoms. The van der Waals surface area contributed by atoms with Gasteiger partial charge < -0.3 is 19.9 Å². The maximum atomic E-state index is 12.3. The number of carbonyl (C=O) groups is 2. The van der Waals surface area contributed by atoms with Crippen molar-refractivity contribution < 1.29 is 24.2 Å². The van der Waals surface area contributed by atoms with E-state index in [-0.39, 0.29) is 5.92 Å². The van der Waals surface area contributed by atoms with Crippen LogP contribution < -0.4 is 14.8 Å². The van der Waals surface area contributed by atoms with Crippen LogP contribution in [0, 0.1) is 5.92 Å². The van der Waals surface area contributed by atoms with Crippen LogP contribution >= 0.6 is 15.9 Å². The monoisotopic (exact) mass is 373 g/mol. The smallest absolute Gasteiger partial charge is 0.326 e. The number of carboxylic acids is 1. The molecular weight excluding hydrogens is 354 g/mol. The summed E-state index contributed by atoms with van der Waals surface area (Å²) in [5, 5.41) is 11.6. The molecule has 1 atom stereocenters.